The normalized spacial score (nSPS) is 9.88. The lowest BCUT2D eigenvalue weighted by atomic mass is 10.4. The molecule has 0 aromatic carbocycles. The van der Waals surface area contributed by atoms with Gasteiger partial charge in [-0.2, -0.15) is 0 Å². The molecule has 0 bridgehead atoms. The van der Waals surface area contributed by atoms with Crippen molar-refractivity contribution in [3.63, 3.8) is 0 Å². The number of hydrogen-bond donors (Lipinski definition) is 3. The number of aliphatic hydroxyl groups is 2. The first-order valence-corrected chi connectivity index (χ1v) is 4.68. The van der Waals surface area contributed by atoms with E-state index in [1.165, 1.54) is 12.1 Å². The van der Waals surface area contributed by atoms with E-state index in [0.717, 1.165) is 0 Å². The molecule has 0 aliphatic carbocycles. The Hall–Kier alpha value is -1.73. The van der Waals surface area contributed by atoms with Gasteiger partial charge in [-0.15, -0.1) is 10.2 Å². The molecule has 0 spiro atoms. The maximum atomic E-state index is 8.52. The second-order valence-corrected chi connectivity index (χ2v) is 2.73. The van der Waals surface area contributed by atoms with Gasteiger partial charge in [-0.3, -0.25) is 5.41 Å². The highest BCUT2D eigenvalue weighted by molar-refractivity contribution is 5.89. The molecule has 3 N–H and O–H groups in total. The highest BCUT2D eigenvalue weighted by atomic mass is 16.5. The van der Waals surface area contributed by atoms with E-state index in [-0.39, 0.29) is 43.9 Å². The summed E-state index contributed by atoms with van der Waals surface area (Å²) in [6.07, 6.45) is 0. The number of rotatable bonds is 6. The largest absolute Gasteiger partial charge is 0.474 e. The lowest BCUT2D eigenvalue weighted by molar-refractivity contribution is 0.191. The zero-order chi connectivity index (χ0) is 11.8. The topological polar surface area (TPSA) is 109 Å². The average Bonchev–Trinajstić information content (AvgIpc) is 2.34. The fraction of sp³-hybridized carbons (Fsp3) is 0.444. The van der Waals surface area contributed by atoms with Crippen molar-refractivity contribution in [3.05, 3.63) is 17.8 Å². The van der Waals surface area contributed by atoms with Gasteiger partial charge in [-0.05, 0) is 6.07 Å². The summed E-state index contributed by atoms with van der Waals surface area (Å²) in [4.78, 5) is 0. The summed E-state index contributed by atoms with van der Waals surface area (Å²) < 4.78 is 9.84. The first-order valence-electron chi connectivity index (χ1n) is 4.68. The van der Waals surface area contributed by atoms with Crippen molar-refractivity contribution in [3.8, 4) is 5.88 Å². The number of aliphatic hydroxyl groups excluding tert-OH is 2. The van der Waals surface area contributed by atoms with E-state index in [0.29, 0.717) is 0 Å². The third-order valence-corrected chi connectivity index (χ3v) is 1.55. The predicted octanol–water partition coefficient (Wildman–Crippen LogP) is -0.818. The average molecular weight is 227 g/mol. The van der Waals surface area contributed by atoms with Gasteiger partial charge < -0.3 is 19.7 Å². The number of ether oxygens (including phenoxy) is 2. The molecular weight excluding hydrogens is 214 g/mol. The second-order valence-electron chi connectivity index (χ2n) is 2.73. The Morgan fingerprint density at radius 3 is 2.50 bits per heavy atom. The van der Waals surface area contributed by atoms with E-state index in [1.54, 1.807) is 0 Å². The number of nitrogens with one attached hydrogen (secondary N) is 1. The van der Waals surface area contributed by atoms with Crippen LogP contribution in [0.4, 0.5) is 0 Å². The quantitative estimate of drug-likeness (QED) is 0.433. The summed E-state index contributed by atoms with van der Waals surface area (Å²) in [6.45, 7) is -0.0673. The zero-order valence-electron chi connectivity index (χ0n) is 8.59. The minimum absolute atomic E-state index is 0.0449. The highest BCUT2D eigenvalue weighted by Crippen LogP contribution is 2.05. The molecule has 0 amide bonds. The van der Waals surface area contributed by atoms with Crippen LogP contribution in [0.15, 0.2) is 12.1 Å². The molecule has 0 atom stereocenters. The molecule has 1 heterocycles. The highest BCUT2D eigenvalue weighted by Gasteiger charge is 2.05. The number of nitrogens with zero attached hydrogens (tertiary/aromatic N) is 2. The second kappa shape index (κ2) is 6.70. The number of hydrogen-bond acceptors (Lipinski definition) is 7. The molecule has 0 aliphatic rings. The lowest BCUT2D eigenvalue weighted by Gasteiger charge is -2.05. The van der Waals surface area contributed by atoms with Crippen LogP contribution in [0.5, 0.6) is 5.88 Å². The van der Waals surface area contributed by atoms with E-state index in [1.807, 2.05) is 0 Å². The van der Waals surface area contributed by atoms with Crippen LogP contribution in [0, 0.1) is 5.41 Å². The molecule has 1 aromatic rings. The van der Waals surface area contributed by atoms with Crippen molar-refractivity contribution < 1.29 is 19.7 Å². The van der Waals surface area contributed by atoms with Gasteiger partial charge >= 0.3 is 0 Å². The predicted molar refractivity (Wildman–Crippen MR) is 54.5 cm³/mol. The Labute approximate surface area is 92.2 Å². The monoisotopic (exact) mass is 227 g/mol. The molecule has 0 unspecified atom stereocenters. The Balaban J connectivity index is 2.53. The lowest BCUT2D eigenvalue weighted by Crippen LogP contribution is -2.12. The summed E-state index contributed by atoms with van der Waals surface area (Å²) in [5.74, 6) is 0.114. The Kier molecular flexibility index (Phi) is 5.17. The molecule has 7 heteroatoms. The third kappa shape index (κ3) is 3.79. The van der Waals surface area contributed by atoms with Crippen LogP contribution >= 0.6 is 0 Å². The standard InChI is InChI=1S/C9H13N3O4/c10-9(16-6-4-14)7-1-2-8(12-11-7)15-5-3-13/h1-2,10,13-14H,3-6H2. The SMILES string of the molecule is N=C(OCCO)c1ccc(OCCO)nn1. The van der Waals surface area contributed by atoms with Crippen LogP contribution in [-0.4, -0.2) is 52.7 Å². The molecule has 1 aromatic heterocycles. The van der Waals surface area contributed by atoms with Crippen LogP contribution < -0.4 is 4.74 Å². The Bertz CT molecular complexity index is 328. The van der Waals surface area contributed by atoms with Gasteiger partial charge in [-0.1, -0.05) is 0 Å². The Morgan fingerprint density at radius 1 is 1.19 bits per heavy atom. The van der Waals surface area contributed by atoms with Crippen LogP contribution in [0.3, 0.4) is 0 Å². The van der Waals surface area contributed by atoms with Gasteiger partial charge in [0, 0.05) is 6.07 Å². The molecule has 88 valence electrons. The molecule has 0 saturated heterocycles. The first kappa shape index (κ1) is 12.3. The summed E-state index contributed by atoms with van der Waals surface area (Å²) in [6, 6.07) is 3.04. The summed E-state index contributed by atoms with van der Waals surface area (Å²) in [7, 11) is 0. The minimum Gasteiger partial charge on any atom is -0.474 e. The van der Waals surface area contributed by atoms with Gasteiger partial charge in [0.25, 0.3) is 0 Å². The van der Waals surface area contributed by atoms with Gasteiger partial charge in [0.1, 0.15) is 18.9 Å². The van der Waals surface area contributed by atoms with Crippen molar-refractivity contribution >= 4 is 5.90 Å². The first-order chi connectivity index (χ1) is 7.77. The van der Waals surface area contributed by atoms with Gasteiger partial charge in [0.15, 0.2) is 0 Å². The fourth-order valence-electron chi connectivity index (χ4n) is 0.890. The fourth-order valence-corrected chi connectivity index (χ4v) is 0.890. The van der Waals surface area contributed by atoms with Crippen LogP contribution in [0.1, 0.15) is 5.69 Å². The molecule has 0 fully saturated rings. The molecule has 16 heavy (non-hydrogen) atoms. The van der Waals surface area contributed by atoms with Crippen LogP contribution in [0.2, 0.25) is 0 Å². The minimum atomic E-state index is -0.159. The van der Waals surface area contributed by atoms with Crippen molar-refractivity contribution in [1.82, 2.24) is 10.2 Å². The van der Waals surface area contributed by atoms with Crippen molar-refractivity contribution in [2.24, 2.45) is 0 Å². The number of aromatic nitrogens is 2. The molecular formula is C9H13N3O4. The van der Waals surface area contributed by atoms with Gasteiger partial charge in [-0.25, -0.2) is 0 Å². The maximum Gasteiger partial charge on any atom is 0.234 e. The zero-order valence-corrected chi connectivity index (χ0v) is 8.59. The van der Waals surface area contributed by atoms with E-state index < -0.39 is 0 Å². The van der Waals surface area contributed by atoms with Crippen molar-refractivity contribution in [1.29, 1.82) is 5.41 Å². The summed E-state index contributed by atoms with van der Waals surface area (Å²) in [5.41, 5.74) is 0.254. The summed E-state index contributed by atoms with van der Waals surface area (Å²) in [5, 5.41) is 31.8. The van der Waals surface area contributed by atoms with Crippen LogP contribution in [-0.2, 0) is 4.74 Å². The maximum absolute atomic E-state index is 8.52. The Morgan fingerprint density at radius 2 is 1.94 bits per heavy atom. The molecule has 1 rings (SSSR count). The van der Waals surface area contributed by atoms with E-state index in [4.69, 9.17) is 25.1 Å². The van der Waals surface area contributed by atoms with E-state index >= 15 is 0 Å². The molecule has 0 radical (unpaired) electrons. The summed E-state index contributed by atoms with van der Waals surface area (Å²) >= 11 is 0. The van der Waals surface area contributed by atoms with Gasteiger partial charge in [0.05, 0.1) is 13.2 Å². The van der Waals surface area contributed by atoms with E-state index in [2.05, 4.69) is 10.2 Å². The van der Waals surface area contributed by atoms with Crippen molar-refractivity contribution in [2.45, 2.75) is 0 Å². The van der Waals surface area contributed by atoms with Crippen molar-refractivity contribution in [2.75, 3.05) is 26.4 Å². The smallest absolute Gasteiger partial charge is 0.234 e. The van der Waals surface area contributed by atoms with Crippen LogP contribution in [0.25, 0.3) is 0 Å². The molecule has 7 nitrogen and oxygen atoms in total. The van der Waals surface area contributed by atoms with E-state index in [9.17, 15) is 0 Å². The molecule has 0 saturated carbocycles. The third-order valence-electron chi connectivity index (χ3n) is 1.55. The molecule has 0 aliphatic heterocycles. The van der Waals surface area contributed by atoms with Gasteiger partial charge in [0.2, 0.25) is 11.8 Å².